The topological polar surface area (TPSA) is 66.8 Å². The maximum atomic E-state index is 13.2. The van der Waals surface area contributed by atoms with Crippen LogP contribution in [0.3, 0.4) is 0 Å². The van der Waals surface area contributed by atoms with E-state index < -0.39 is 43.1 Å². The van der Waals surface area contributed by atoms with Crippen LogP contribution in [-0.2, 0) is 9.53 Å². The largest absolute Gasteiger partial charge is 0.464 e. The number of rotatable bonds is 6. The van der Waals surface area contributed by atoms with E-state index in [-0.39, 0.29) is 6.08 Å². The number of halogens is 6. The summed E-state index contributed by atoms with van der Waals surface area (Å²) >= 11 is 0. The van der Waals surface area contributed by atoms with Crippen LogP contribution in [0, 0.1) is 0 Å². The van der Waals surface area contributed by atoms with Gasteiger partial charge in [-0.15, -0.1) is 0 Å². The summed E-state index contributed by atoms with van der Waals surface area (Å²) in [4.78, 5) is 10.5. The second-order valence-corrected chi connectivity index (χ2v) is 3.49. The smallest absolute Gasteiger partial charge is 0.393 e. The molecule has 0 aliphatic carbocycles. The molecule has 4 nitrogen and oxygen atoms in total. The number of hydrogen-bond acceptors (Lipinski definition) is 4. The summed E-state index contributed by atoms with van der Waals surface area (Å²) in [6, 6.07) is 0. The maximum Gasteiger partial charge on any atom is 0.464 e. The van der Waals surface area contributed by atoms with Crippen molar-refractivity contribution in [2.75, 3.05) is 0 Å². The monoisotopic (exact) mass is 296 g/mol. The van der Waals surface area contributed by atoms with E-state index in [2.05, 4.69) is 11.3 Å². The lowest BCUT2D eigenvalue weighted by Crippen LogP contribution is -2.55. The van der Waals surface area contributed by atoms with Gasteiger partial charge in [0.15, 0.2) is 0 Å². The first-order valence-corrected chi connectivity index (χ1v) is 4.73. The summed E-state index contributed by atoms with van der Waals surface area (Å²) in [5, 5.41) is 17.5. The van der Waals surface area contributed by atoms with Gasteiger partial charge in [0, 0.05) is 12.5 Å². The predicted octanol–water partition coefficient (Wildman–Crippen LogP) is 1.67. The number of ether oxygens (including phenoxy) is 1. The molecule has 0 amide bonds. The number of esters is 1. The molecule has 0 aliphatic rings. The van der Waals surface area contributed by atoms with Gasteiger partial charge in [-0.2, -0.15) is 26.3 Å². The van der Waals surface area contributed by atoms with Gasteiger partial charge in [-0.25, -0.2) is 4.79 Å². The van der Waals surface area contributed by atoms with Crippen molar-refractivity contribution < 1.29 is 46.1 Å². The van der Waals surface area contributed by atoms with Crippen LogP contribution in [0.1, 0.15) is 12.8 Å². The average Bonchev–Trinajstić information content (AvgIpc) is 2.23. The summed E-state index contributed by atoms with van der Waals surface area (Å²) < 4.78 is 77.6. The molecule has 10 heteroatoms. The summed E-state index contributed by atoms with van der Waals surface area (Å²) in [5.41, 5.74) is 0. The minimum absolute atomic E-state index is 0.214. The van der Waals surface area contributed by atoms with E-state index >= 15 is 0 Å². The van der Waals surface area contributed by atoms with Crippen molar-refractivity contribution in [2.24, 2.45) is 0 Å². The van der Waals surface area contributed by atoms with Crippen molar-refractivity contribution in [3.63, 3.8) is 0 Å². The van der Waals surface area contributed by atoms with Crippen LogP contribution in [-0.4, -0.2) is 40.4 Å². The van der Waals surface area contributed by atoms with Crippen LogP contribution in [0.5, 0.6) is 0 Å². The lowest BCUT2D eigenvalue weighted by molar-refractivity contribution is -0.379. The molecule has 0 spiro atoms. The highest BCUT2D eigenvalue weighted by Gasteiger charge is 2.62. The molecule has 0 saturated carbocycles. The third-order valence-corrected chi connectivity index (χ3v) is 1.95. The standard InChI is InChI=1S/C9H10F6O4/c1-2-6(17)19-9(14,15)8(13,18)5(16)3-4-7(10,11)12/h2,5,16,18H,1,3-4H2. The quantitative estimate of drug-likeness (QED) is 0.444. The Bertz CT molecular complexity index is 338. The summed E-state index contributed by atoms with van der Waals surface area (Å²) in [6.45, 7) is 2.72. The Balaban J connectivity index is 4.82. The van der Waals surface area contributed by atoms with Crippen molar-refractivity contribution in [1.82, 2.24) is 0 Å². The number of aliphatic hydroxyl groups excluding tert-OH is 1. The molecule has 0 rings (SSSR count). The van der Waals surface area contributed by atoms with Crippen LogP contribution < -0.4 is 0 Å². The minimum atomic E-state index is -5.23. The molecular formula is C9H10F6O4. The summed E-state index contributed by atoms with van der Waals surface area (Å²) in [6.07, 6.45) is -16.3. The Morgan fingerprint density at radius 2 is 1.74 bits per heavy atom. The van der Waals surface area contributed by atoms with Crippen LogP contribution in [0.25, 0.3) is 0 Å². The SMILES string of the molecule is C=CC(=O)OC(F)(F)C(O)(F)C(O)CCC(F)(F)F. The van der Waals surface area contributed by atoms with E-state index in [1.807, 2.05) is 0 Å². The Morgan fingerprint density at radius 1 is 1.26 bits per heavy atom. The van der Waals surface area contributed by atoms with Gasteiger partial charge in [-0.05, 0) is 6.42 Å². The van der Waals surface area contributed by atoms with Gasteiger partial charge in [-0.1, -0.05) is 6.58 Å². The number of alkyl halides is 6. The first-order chi connectivity index (χ1) is 8.33. The predicted molar refractivity (Wildman–Crippen MR) is 48.6 cm³/mol. The first kappa shape index (κ1) is 17.7. The minimum Gasteiger partial charge on any atom is -0.393 e. The molecule has 0 heterocycles. The second-order valence-electron chi connectivity index (χ2n) is 3.49. The first-order valence-electron chi connectivity index (χ1n) is 4.73. The number of hydrogen-bond donors (Lipinski definition) is 2. The molecule has 0 bridgehead atoms. The van der Waals surface area contributed by atoms with Crippen molar-refractivity contribution in [2.45, 2.75) is 37.1 Å². The van der Waals surface area contributed by atoms with Crippen LogP contribution in [0.2, 0.25) is 0 Å². The number of carbonyl (C=O) groups excluding carboxylic acids is 1. The fraction of sp³-hybridized carbons (Fsp3) is 0.667. The fourth-order valence-corrected chi connectivity index (χ4v) is 0.925. The number of carbonyl (C=O) groups is 1. The van der Waals surface area contributed by atoms with Gasteiger partial charge in [0.2, 0.25) is 0 Å². The maximum absolute atomic E-state index is 13.2. The zero-order chi connectivity index (χ0) is 15.5. The fourth-order valence-electron chi connectivity index (χ4n) is 0.925. The molecule has 112 valence electrons. The van der Waals surface area contributed by atoms with Gasteiger partial charge in [0.25, 0.3) is 0 Å². The van der Waals surface area contributed by atoms with Gasteiger partial charge in [0.1, 0.15) is 6.10 Å². The highest BCUT2D eigenvalue weighted by atomic mass is 19.4. The van der Waals surface area contributed by atoms with Crippen molar-refractivity contribution >= 4 is 5.97 Å². The molecular weight excluding hydrogens is 286 g/mol. The van der Waals surface area contributed by atoms with Crippen LogP contribution in [0.15, 0.2) is 12.7 Å². The molecule has 2 N–H and O–H groups in total. The normalized spacial score (nSPS) is 17.5. The van der Waals surface area contributed by atoms with E-state index in [4.69, 9.17) is 10.2 Å². The van der Waals surface area contributed by atoms with Crippen molar-refractivity contribution in [3.05, 3.63) is 12.7 Å². The molecule has 0 aromatic rings. The molecule has 19 heavy (non-hydrogen) atoms. The Morgan fingerprint density at radius 3 is 2.11 bits per heavy atom. The third-order valence-electron chi connectivity index (χ3n) is 1.95. The zero-order valence-electron chi connectivity index (χ0n) is 9.25. The molecule has 0 aliphatic heterocycles. The van der Waals surface area contributed by atoms with Gasteiger partial charge in [-0.3, -0.25) is 0 Å². The molecule has 0 fully saturated rings. The molecule has 2 unspecified atom stereocenters. The molecule has 2 atom stereocenters. The van der Waals surface area contributed by atoms with E-state index in [0.29, 0.717) is 0 Å². The van der Waals surface area contributed by atoms with Crippen LogP contribution >= 0.6 is 0 Å². The highest BCUT2D eigenvalue weighted by Crippen LogP contribution is 2.37. The Labute approximate surface area is 103 Å². The van der Waals surface area contributed by atoms with Gasteiger partial charge in [0.05, 0.1) is 0 Å². The van der Waals surface area contributed by atoms with Gasteiger partial charge >= 0.3 is 24.1 Å². The van der Waals surface area contributed by atoms with Gasteiger partial charge < -0.3 is 14.9 Å². The lowest BCUT2D eigenvalue weighted by atomic mass is 10.1. The third kappa shape index (κ3) is 5.07. The second kappa shape index (κ2) is 5.78. The highest BCUT2D eigenvalue weighted by molar-refractivity contribution is 5.81. The lowest BCUT2D eigenvalue weighted by Gasteiger charge is -2.30. The van der Waals surface area contributed by atoms with Crippen LogP contribution in [0.4, 0.5) is 26.3 Å². The molecule has 0 saturated heterocycles. The zero-order valence-corrected chi connectivity index (χ0v) is 9.25. The number of aliphatic hydroxyl groups is 2. The summed E-state index contributed by atoms with van der Waals surface area (Å²) in [7, 11) is 0. The summed E-state index contributed by atoms with van der Waals surface area (Å²) in [5.74, 6) is -6.69. The van der Waals surface area contributed by atoms with E-state index in [0.717, 1.165) is 0 Å². The van der Waals surface area contributed by atoms with E-state index in [1.54, 1.807) is 0 Å². The average molecular weight is 296 g/mol. The van der Waals surface area contributed by atoms with E-state index in [9.17, 15) is 31.1 Å². The molecule has 0 aromatic heterocycles. The Kier molecular flexibility index (Phi) is 5.39. The molecule has 0 aromatic carbocycles. The van der Waals surface area contributed by atoms with E-state index in [1.165, 1.54) is 0 Å². The Hall–Kier alpha value is -1.29. The van der Waals surface area contributed by atoms with Crippen molar-refractivity contribution in [3.8, 4) is 0 Å². The molecule has 0 radical (unpaired) electrons. The van der Waals surface area contributed by atoms with Crippen molar-refractivity contribution in [1.29, 1.82) is 0 Å².